The fraction of sp³-hybridized carbons (Fsp3) is 0.308. The van der Waals surface area contributed by atoms with Crippen molar-refractivity contribution in [3.63, 3.8) is 0 Å². The summed E-state index contributed by atoms with van der Waals surface area (Å²) in [5.74, 6) is 0. The zero-order valence-electron chi connectivity index (χ0n) is 8.96. The molecule has 81 valence electrons. The van der Waals surface area contributed by atoms with Gasteiger partial charge in [-0.2, -0.15) is 0 Å². The Morgan fingerprint density at radius 1 is 0.800 bits per heavy atom. The summed E-state index contributed by atoms with van der Waals surface area (Å²) in [5.41, 5.74) is 0.265. The van der Waals surface area contributed by atoms with Gasteiger partial charge < -0.3 is 6.42 Å². The van der Waals surface area contributed by atoms with Gasteiger partial charge in [-0.05, 0) is 0 Å². The summed E-state index contributed by atoms with van der Waals surface area (Å²) in [6.07, 6.45) is 19.8. The summed E-state index contributed by atoms with van der Waals surface area (Å²) in [6, 6.07) is 0. The van der Waals surface area contributed by atoms with Gasteiger partial charge in [0.05, 0.1) is 0 Å². The van der Waals surface area contributed by atoms with Crippen molar-refractivity contribution < 1.29 is 21.8 Å². The van der Waals surface area contributed by atoms with Gasteiger partial charge in [-0.15, -0.1) is 35.1 Å². The zero-order chi connectivity index (χ0) is 11.4. The third-order valence-electron chi connectivity index (χ3n) is 2.67. The number of hydrogen-bond donors (Lipinski definition) is 0. The van der Waals surface area contributed by atoms with Crippen molar-refractivity contribution in [3.8, 4) is 0 Å². The monoisotopic (exact) mass is 289 g/mol. The van der Waals surface area contributed by atoms with Gasteiger partial charge in [0.25, 0.3) is 0 Å². The average Bonchev–Trinajstić information content (AvgIpc) is 2.79. The van der Waals surface area contributed by atoms with Crippen molar-refractivity contribution in [1.82, 2.24) is 0 Å². The molecule has 1 nitrogen and oxygen atoms in total. The molecule has 0 spiro atoms. The van der Waals surface area contributed by atoms with Crippen molar-refractivity contribution in [2.24, 2.45) is 10.8 Å². The molecule has 0 bridgehead atoms. The van der Waals surface area contributed by atoms with E-state index in [0.29, 0.717) is 0 Å². The van der Waals surface area contributed by atoms with E-state index in [0.717, 1.165) is 18.3 Å². The van der Waals surface area contributed by atoms with E-state index in [-0.39, 0.29) is 10.8 Å². The fourth-order valence-electron chi connectivity index (χ4n) is 2.03. The number of rotatable bonds is 2. The fourth-order valence-corrected chi connectivity index (χ4v) is 2.03. The molecule has 0 atom stereocenters. The van der Waals surface area contributed by atoms with Gasteiger partial charge in [0, 0.05) is 0 Å². The van der Waals surface area contributed by atoms with E-state index in [1.54, 1.807) is 0 Å². The average molecular weight is 288 g/mol. The first-order valence-electron chi connectivity index (χ1n) is 4.88. The Balaban J connectivity index is 0.000000531. The van der Waals surface area contributed by atoms with Crippen LogP contribution in [0, 0.1) is 17.3 Å². The Bertz CT molecular complexity index is 280. The Morgan fingerprint density at radius 2 is 1.07 bits per heavy atom. The van der Waals surface area contributed by atoms with Gasteiger partial charge in [0.2, 0.25) is 0 Å². The molecule has 0 saturated heterocycles. The molecule has 0 aromatic rings. The molecule has 0 aromatic carbocycles. The second kappa shape index (κ2) is 4.94. The topological polar surface area (TPSA) is 17.1 Å². The Hall–Kier alpha value is -0.617. The van der Waals surface area contributed by atoms with Crippen molar-refractivity contribution in [1.29, 1.82) is 0 Å². The van der Waals surface area contributed by atoms with Crippen LogP contribution in [0.3, 0.4) is 0 Å². The summed E-state index contributed by atoms with van der Waals surface area (Å²) in [4.78, 5) is 0. The second-order valence-electron chi connectivity index (χ2n) is 4.31. The second-order valence-corrected chi connectivity index (χ2v) is 4.31. The molecular weight excluding hydrogens is 273 g/mol. The molecule has 15 heavy (non-hydrogen) atoms. The van der Waals surface area contributed by atoms with Crippen molar-refractivity contribution in [2.45, 2.75) is 13.8 Å². The minimum absolute atomic E-state index is 0.133. The predicted octanol–water partition coefficient (Wildman–Crippen LogP) is 3.33. The van der Waals surface area contributed by atoms with Gasteiger partial charge in [0.15, 0.2) is 0 Å². The predicted molar refractivity (Wildman–Crippen MR) is 57.8 cm³/mol. The van der Waals surface area contributed by atoms with Crippen LogP contribution in [0.25, 0.3) is 0 Å². The maximum atomic E-state index is 8.18. The summed E-state index contributed by atoms with van der Waals surface area (Å²) in [7, 11) is 0. The molecule has 2 heteroatoms. The van der Waals surface area contributed by atoms with Crippen LogP contribution in [0.4, 0.5) is 0 Å². The molecule has 0 radical (unpaired) electrons. The Kier molecular flexibility index (Phi) is 4.10. The van der Waals surface area contributed by atoms with Crippen LogP contribution in [0.1, 0.15) is 13.8 Å². The van der Waals surface area contributed by atoms with E-state index in [2.05, 4.69) is 68.9 Å². The van der Waals surface area contributed by atoms with Crippen LogP contribution in [0.2, 0.25) is 0 Å². The molecule has 0 saturated carbocycles. The maximum absolute atomic E-state index is 8.18. The molecule has 0 fully saturated rings. The zero-order valence-corrected chi connectivity index (χ0v) is 10.7. The molecule has 2 aliphatic rings. The summed E-state index contributed by atoms with van der Waals surface area (Å²) < 4.78 is 8.18. The third-order valence-corrected chi connectivity index (χ3v) is 2.67. The Morgan fingerprint density at radius 3 is 1.33 bits per heavy atom. The standard InChI is InChI=1S/C13H15.O.Ru/c1-12(7-3-4-8-12)11-13(2)9-5-6-10-13;;/h3-11H,1-2H3;;/q-1;;+1. The molecular formula is C13H15ORu. The van der Waals surface area contributed by atoms with Crippen LogP contribution in [-0.2, 0) is 21.8 Å². The molecule has 0 unspecified atom stereocenters. The summed E-state index contributed by atoms with van der Waals surface area (Å²) in [6.45, 7) is 4.47. The SMILES string of the molecule is CC1([CH-]C2(C)C=CC=C2)C=CC=C1.[O]=[Ru+]. The van der Waals surface area contributed by atoms with Gasteiger partial charge in [-0.1, -0.05) is 38.2 Å². The molecule has 2 rings (SSSR count). The molecule has 2 aliphatic carbocycles. The summed E-state index contributed by atoms with van der Waals surface area (Å²) >= 11 is 1.10. The first kappa shape index (κ1) is 12.5. The van der Waals surface area contributed by atoms with Crippen LogP contribution in [0.5, 0.6) is 0 Å². The van der Waals surface area contributed by atoms with Crippen LogP contribution < -0.4 is 0 Å². The molecule has 0 N–H and O–H groups in total. The van der Waals surface area contributed by atoms with Gasteiger partial charge in [-0.25, -0.2) is 0 Å². The quantitative estimate of drug-likeness (QED) is 0.562. The van der Waals surface area contributed by atoms with Crippen molar-refractivity contribution >= 4 is 0 Å². The first-order valence-corrected chi connectivity index (χ1v) is 5.59. The molecule has 0 amide bonds. The Labute approximate surface area is 102 Å². The van der Waals surface area contributed by atoms with E-state index in [9.17, 15) is 0 Å². The third kappa shape index (κ3) is 3.17. The van der Waals surface area contributed by atoms with Gasteiger partial charge >= 0.3 is 21.8 Å². The number of allylic oxidation sites excluding steroid dienone is 8. The molecule has 0 heterocycles. The molecule has 0 aliphatic heterocycles. The number of hydrogen-bond acceptors (Lipinski definition) is 1. The van der Waals surface area contributed by atoms with Crippen molar-refractivity contribution in [3.05, 3.63) is 55.0 Å². The van der Waals surface area contributed by atoms with Crippen LogP contribution in [0.15, 0.2) is 48.6 Å². The van der Waals surface area contributed by atoms with Crippen LogP contribution in [-0.4, -0.2) is 0 Å². The summed E-state index contributed by atoms with van der Waals surface area (Å²) in [5, 5.41) is 0. The van der Waals surface area contributed by atoms with E-state index >= 15 is 0 Å². The first-order chi connectivity index (χ1) is 7.12. The van der Waals surface area contributed by atoms with Gasteiger partial charge in [0.1, 0.15) is 0 Å². The van der Waals surface area contributed by atoms with E-state index in [1.807, 2.05) is 0 Å². The minimum atomic E-state index is 0.133. The van der Waals surface area contributed by atoms with Crippen molar-refractivity contribution in [2.75, 3.05) is 0 Å². The van der Waals surface area contributed by atoms with Gasteiger partial charge in [-0.3, -0.25) is 0 Å². The van der Waals surface area contributed by atoms with Crippen LogP contribution >= 0.6 is 0 Å². The van der Waals surface area contributed by atoms with E-state index in [1.165, 1.54) is 0 Å². The molecule has 0 aromatic heterocycles. The normalized spacial score (nSPS) is 22.8. The van der Waals surface area contributed by atoms with E-state index in [4.69, 9.17) is 3.57 Å². The van der Waals surface area contributed by atoms with E-state index < -0.39 is 0 Å².